The number of aliphatic carboxylic acids is 1. The Morgan fingerprint density at radius 3 is 2.58 bits per heavy atom. The molecule has 4 heterocycles. The molecule has 2 aliphatic heterocycles. The van der Waals surface area contributed by atoms with E-state index in [4.69, 9.17) is 4.98 Å². The van der Waals surface area contributed by atoms with Gasteiger partial charge in [0.2, 0.25) is 5.91 Å². The Hall–Kier alpha value is -3.53. The number of carboxylic acid groups (broad SMARTS) is 1. The summed E-state index contributed by atoms with van der Waals surface area (Å²) in [7, 11) is 0. The highest BCUT2D eigenvalue weighted by Crippen LogP contribution is 2.27. The number of likely N-dealkylation sites (tertiary alicyclic amines) is 1. The first-order valence-corrected chi connectivity index (χ1v) is 12.5. The van der Waals surface area contributed by atoms with Gasteiger partial charge in [0.05, 0.1) is 5.60 Å². The summed E-state index contributed by atoms with van der Waals surface area (Å²) in [6, 6.07) is 5.66. The maximum Gasteiger partial charge on any atom is 0.329 e. The van der Waals surface area contributed by atoms with Gasteiger partial charge < -0.3 is 25.7 Å². The molecular weight excluding hydrogens is 462 g/mol. The molecule has 0 aliphatic carbocycles. The zero-order chi connectivity index (χ0) is 25.5. The first-order valence-electron chi connectivity index (χ1n) is 12.5. The number of anilines is 1. The SMILES string of the molecule is O=C(NC(C(=O)O)C1(O)CCN(C(=O)CCCCc2ccc3c(n2)NCCC3)CC1)c1ccncc1. The highest BCUT2D eigenvalue weighted by atomic mass is 16.4. The number of carbonyl (C=O) groups excluding carboxylic acids is 2. The first kappa shape index (κ1) is 25.6. The largest absolute Gasteiger partial charge is 0.480 e. The number of hydrogen-bond acceptors (Lipinski definition) is 7. The van der Waals surface area contributed by atoms with Crippen molar-refractivity contribution in [1.82, 2.24) is 20.2 Å². The lowest BCUT2D eigenvalue weighted by atomic mass is 9.83. The summed E-state index contributed by atoms with van der Waals surface area (Å²) in [6.45, 7) is 1.43. The molecule has 0 spiro atoms. The third-order valence-electron chi connectivity index (χ3n) is 7.01. The van der Waals surface area contributed by atoms with Crippen molar-refractivity contribution in [1.29, 1.82) is 0 Å². The molecular formula is C26H33N5O5. The van der Waals surface area contributed by atoms with Crippen LogP contribution in [0, 0.1) is 0 Å². The fraction of sp³-hybridized carbons (Fsp3) is 0.500. The second-order valence-electron chi connectivity index (χ2n) is 9.51. The van der Waals surface area contributed by atoms with Crippen molar-refractivity contribution in [3.63, 3.8) is 0 Å². The third-order valence-corrected chi connectivity index (χ3v) is 7.01. The Kier molecular flexibility index (Phi) is 8.14. The minimum absolute atomic E-state index is 0.00943. The Morgan fingerprint density at radius 1 is 1.11 bits per heavy atom. The standard InChI is InChI=1S/C26H33N5O5/c32-21(6-2-1-5-20-8-7-18-4-3-13-28-23(18)29-20)31-16-11-26(36,12-17-31)22(25(34)35)30-24(33)19-9-14-27-15-10-19/h7-10,14-15,22,36H,1-6,11-13,16-17H2,(H,28,29)(H,30,33)(H,34,35). The van der Waals surface area contributed by atoms with E-state index in [9.17, 15) is 24.6 Å². The van der Waals surface area contributed by atoms with Crippen molar-refractivity contribution in [2.24, 2.45) is 0 Å². The summed E-state index contributed by atoms with van der Waals surface area (Å²) in [4.78, 5) is 47.2. The third kappa shape index (κ3) is 6.17. The number of unbranched alkanes of at least 4 members (excludes halogenated alkanes) is 1. The van der Waals surface area contributed by atoms with Crippen molar-refractivity contribution >= 4 is 23.6 Å². The molecule has 192 valence electrons. The molecule has 10 heteroatoms. The van der Waals surface area contributed by atoms with Gasteiger partial charge in [0, 0.05) is 49.7 Å². The van der Waals surface area contributed by atoms with E-state index in [-0.39, 0.29) is 37.4 Å². The number of carboxylic acids is 1. The summed E-state index contributed by atoms with van der Waals surface area (Å²) in [5.41, 5.74) is 0.894. The lowest BCUT2D eigenvalue weighted by molar-refractivity contribution is -0.151. The van der Waals surface area contributed by atoms with Gasteiger partial charge in [-0.15, -0.1) is 0 Å². The summed E-state index contributed by atoms with van der Waals surface area (Å²) in [6.07, 6.45) is 7.96. The molecule has 2 aliphatic rings. The number of amides is 2. The van der Waals surface area contributed by atoms with Gasteiger partial charge in [0.15, 0.2) is 6.04 Å². The smallest absolute Gasteiger partial charge is 0.329 e. The minimum atomic E-state index is -1.64. The summed E-state index contributed by atoms with van der Waals surface area (Å²) < 4.78 is 0. The molecule has 2 aromatic heterocycles. The van der Waals surface area contributed by atoms with Crippen molar-refractivity contribution in [3.05, 3.63) is 53.5 Å². The number of piperidine rings is 1. The van der Waals surface area contributed by atoms with E-state index in [0.29, 0.717) is 6.42 Å². The predicted octanol–water partition coefficient (Wildman–Crippen LogP) is 1.78. The zero-order valence-electron chi connectivity index (χ0n) is 20.3. The highest BCUT2D eigenvalue weighted by Gasteiger charge is 2.45. The quantitative estimate of drug-likeness (QED) is 0.385. The Labute approximate surface area is 210 Å². The molecule has 0 radical (unpaired) electrons. The van der Waals surface area contributed by atoms with Gasteiger partial charge in [-0.2, -0.15) is 0 Å². The van der Waals surface area contributed by atoms with E-state index < -0.39 is 23.5 Å². The number of aliphatic hydroxyl groups is 1. The normalized spacial score (nSPS) is 17.4. The number of nitrogens with one attached hydrogen (secondary N) is 2. The number of aromatic nitrogens is 2. The van der Waals surface area contributed by atoms with E-state index in [2.05, 4.69) is 27.8 Å². The lowest BCUT2D eigenvalue weighted by Crippen LogP contribution is -2.61. The monoisotopic (exact) mass is 495 g/mol. The number of carbonyl (C=O) groups is 3. The second kappa shape index (κ2) is 11.5. The van der Waals surface area contributed by atoms with Crippen molar-refractivity contribution in [2.45, 2.75) is 63.0 Å². The first-order chi connectivity index (χ1) is 17.4. The number of fused-ring (bicyclic) bond motifs is 1. The lowest BCUT2D eigenvalue weighted by Gasteiger charge is -2.41. The summed E-state index contributed by atoms with van der Waals surface area (Å²) >= 11 is 0. The van der Waals surface area contributed by atoms with Crippen LogP contribution < -0.4 is 10.6 Å². The molecule has 4 rings (SSSR count). The second-order valence-corrected chi connectivity index (χ2v) is 9.51. The van der Waals surface area contributed by atoms with Crippen LogP contribution in [-0.4, -0.2) is 74.1 Å². The van der Waals surface area contributed by atoms with Crippen LogP contribution in [0.3, 0.4) is 0 Å². The molecule has 2 aromatic rings. The molecule has 36 heavy (non-hydrogen) atoms. The van der Waals surface area contributed by atoms with Crippen LogP contribution in [0.5, 0.6) is 0 Å². The summed E-state index contributed by atoms with van der Waals surface area (Å²) in [5.74, 6) is -0.941. The number of nitrogens with zero attached hydrogens (tertiary/aromatic N) is 3. The molecule has 1 atom stereocenters. The molecule has 4 N–H and O–H groups in total. The summed E-state index contributed by atoms with van der Waals surface area (Å²) in [5, 5.41) is 26.5. The highest BCUT2D eigenvalue weighted by molar-refractivity contribution is 5.96. The average Bonchev–Trinajstić information content (AvgIpc) is 2.90. The average molecular weight is 496 g/mol. The van der Waals surface area contributed by atoms with Crippen LogP contribution in [-0.2, 0) is 22.4 Å². The fourth-order valence-electron chi connectivity index (χ4n) is 4.82. The maximum atomic E-state index is 12.7. The van der Waals surface area contributed by atoms with Crippen LogP contribution in [0.25, 0.3) is 0 Å². The van der Waals surface area contributed by atoms with Crippen LogP contribution >= 0.6 is 0 Å². The van der Waals surface area contributed by atoms with Gasteiger partial charge in [-0.1, -0.05) is 6.07 Å². The van der Waals surface area contributed by atoms with Gasteiger partial charge in [0.1, 0.15) is 5.82 Å². The van der Waals surface area contributed by atoms with Crippen molar-refractivity contribution < 1.29 is 24.6 Å². The van der Waals surface area contributed by atoms with Crippen LogP contribution in [0.2, 0.25) is 0 Å². The molecule has 0 bridgehead atoms. The van der Waals surface area contributed by atoms with E-state index in [1.165, 1.54) is 30.1 Å². The van der Waals surface area contributed by atoms with Crippen molar-refractivity contribution in [3.8, 4) is 0 Å². The molecule has 10 nitrogen and oxygen atoms in total. The van der Waals surface area contributed by atoms with E-state index in [1.807, 2.05) is 0 Å². The molecule has 1 fully saturated rings. The molecule has 2 amide bonds. The van der Waals surface area contributed by atoms with E-state index >= 15 is 0 Å². The van der Waals surface area contributed by atoms with Gasteiger partial charge >= 0.3 is 5.97 Å². The van der Waals surface area contributed by atoms with Gasteiger partial charge in [0.25, 0.3) is 5.91 Å². The predicted molar refractivity (Wildman–Crippen MR) is 132 cm³/mol. The van der Waals surface area contributed by atoms with Gasteiger partial charge in [-0.25, -0.2) is 9.78 Å². The van der Waals surface area contributed by atoms with Crippen LogP contribution in [0.15, 0.2) is 36.7 Å². The number of rotatable bonds is 9. The Morgan fingerprint density at radius 2 is 1.86 bits per heavy atom. The van der Waals surface area contributed by atoms with Crippen LogP contribution in [0.4, 0.5) is 5.82 Å². The zero-order valence-corrected chi connectivity index (χ0v) is 20.3. The molecule has 0 aromatic carbocycles. The minimum Gasteiger partial charge on any atom is -0.480 e. The fourth-order valence-corrected chi connectivity index (χ4v) is 4.82. The van der Waals surface area contributed by atoms with Gasteiger partial charge in [-0.05, 0) is 68.7 Å². The Balaban J connectivity index is 1.23. The molecule has 1 saturated heterocycles. The van der Waals surface area contributed by atoms with Gasteiger partial charge in [-0.3, -0.25) is 14.6 Å². The number of pyridine rings is 2. The number of aryl methyl sites for hydroxylation is 2. The van der Waals surface area contributed by atoms with Crippen molar-refractivity contribution in [2.75, 3.05) is 25.0 Å². The maximum absolute atomic E-state index is 12.7. The number of hydrogen-bond donors (Lipinski definition) is 4. The topological polar surface area (TPSA) is 145 Å². The van der Waals surface area contributed by atoms with Crippen LogP contribution in [0.1, 0.15) is 60.1 Å². The van der Waals surface area contributed by atoms with E-state index in [0.717, 1.165) is 50.2 Å². The molecule has 1 unspecified atom stereocenters. The van der Waals surface area contributed by atoms with E-state index in [1.54, 1.807) is 4.90 Å². The molecule has 0 saturated carbocycles. The Bertz CT molecular complexity index is 1090.